The minimum absolute atomic E-state index is 0.180. The number of benzene rings is 4. The maximum absolute atomic E-state index is 12.9. The predicted molar refractivity (Wildman–Crippen MR) is 160 cm³/mol. The van der Waals surface area contributed by atoms with Crippen molar-refractivity contribution in [1.82, 2.24) is 0 Å². The van der Waals surface area contributed by atoms with E-state index in [0.717, 1.165) is 39.5 Å². The van der Waals surface area contributed by atoms with Gasteiger partial charge in [-0.2, -0.15) is 0 Å². The molecule has 0 saturated heterocycles. The number of rotatable bonds is 11. The first-order valence-corrected chi connectivity index (χ1v) is 13.1. The van der Waals surface area contributed by atoms with Crippen LogP contribution in [0.1, 0.15) is 28.4 Å². The van der Waals surface area contributed by atoms with E-state index in [4.69, 9.17) is 18.9 Å². The van der Waals surface area contributed by atoms with Gasteiger partial charge >= 0.3 is 17.9 Å². The fourth-order valence-corrected chi connectivity index (χ4v) is 3.97. The molecule has 0 amide bonds. The lowest BCUT2D eigenvalue weighted by atomic mass is 10.00. The normalized spacial score (nSPS) is 10.3. The summed E-state index contributed by atoms with van der Waals surface area (Å²) in [5.74, 6) is -0.430. The van der Waals surface area contributed by atoms with E-state index in [1.54, 1.807) is 37.3 Å². The number of hydrogen-bond acceptors (Lipinski definition) is 7. The lowest BCUT2D eigenvalue weighted by molar-refractivity contribution is -0.144. The monoisotopic (exact) mass is 562 g/mol. The first-order valence-electron chi connectivity index (χ1n) is 13.1. The van der Waals surface area contributed by atoms with Crippen molar-refractivity contribution < 1.29 is 33.3 Å². The molecule has 4 aromatic rings. The van der Waals surface area contributed by atoms with E-state index in [9.17, 15) is 14.4 Å². The second kappa shape index (κ2) is 13.8. The fourth-order valence-electron chi connectivity index (χ4n) is 3.97. The van der Waals surface area contributed by atoms with E-state index >= 15 is 0 Å². The zero-order chi connectivity index (χ0) is 30.1. The highest BCUT2D eigenvalue weighted by Gasteiger charge is 2.13. The molecule has 0 N–H and O–H groups in total. The predicted octanol–water partition coefficient (Wildman–Crippen LogP) is 7.23. The van der Waals surface area contributed by atoms with Gasteiger partial charge in [-0.25, -0.2) is 14.4 Å². The Balaban J connectivity index is 1.34. The number of esters is 3. The van der Waals surface area contributed by atoms with Crippen LogP contribution in [0.5, 0.6) is 11.5 Å². The van der Waals surface area contributed by atoms with Crippen molar-refractivity contribution >= 4 is 17.9 Å². The summed E-state index contributed by atoms with van der Waals surface area (Å²) >= 11 is 0. The summed E-state index contributed by atoms with van der Waals surface area (Å²) in [7, 11) is 0. The lowest BCUT2D eigenvalue weighted by Crippen LogP contribution is -2.10. The van der Waals surface area contributed by atoms with Crippen LogP contribution in [0.15, 0.2) is 116 Å². The third kappa shape index (κ3) is 7.82. The van der Waals surface area contributed by atoms with Crippen molar-refractivity contribution in [2.45, 2.75) is 20.5 Å². The van der Waals surface area contributed by atoms with Gasteiger partial charge in [0.25, 0.3) is 0 Å². The minimum atomic E-state index is -0.554. The molecule has 4 rings (SSSR count). The Kier molecular flexibility index (Phi) is 9.69. The van der Waals surface area contributed by atoms with Crippen LogP contribution in [0, 0.1) is 6.92 Å². The zero-order valence-corrected chi connectivity index (χ0v) is 23.4. The van der Waals surface area contributed by atoms with Crippen molar-refractivity contribution in [1.29, 1.82) is 0 Å². The second-order valence-electron chi connectivity index (χ2n) is 9.45. The quantitative estimate of drug-likeness (QED) is 0.0824. The molecule has 7 heteroatoms. The van der Waals surface area contributed by atoms with E-state index in [-0.39, 0.29) is 13.4 Å². The molecule has 0 bridgehead atoms. The summed E-state index contributed by atoms with van der Waals surface area (Å²) in [4.78, 5) is 35.6. The maximum Gasteiger partial charge on any atom is 0.343 e. The Hall–Kier alpha value is -5.43. The number of hydrogen-bond donors (Lipinski definition) is 0. The summed E-state index contributed by atoms with van der Waals surface area (Å²) in [6.07, 6.45) is 1.07. The second-order valence-corrected chi connectivity index (χ2v) is 9.45. The largest absolute Gasteiger partial charge is 0.457 e. The highest BCUT2D eigenvalue weighted by molar-refractivity contribution is 5.93. The zero-order valence-electron chi connectivity index (χ0n) is 23.4. The molecule has 42 heavy (non-hydrogen) atoms. The van der Waals surface area contributed by atoms with Gasteiger partial charge < -0.3 is 18.9 Å². The molecule has 0 radical (unpaired) electrons. The lowest BCUT2D eigenvalue weighted by Gasteiger charge is -2.11. The SMILES string of the molecule is C=CC(=O)OCOc1ccc(-c2ccc(C(=O)Oc3ccc(-c4ccc(COC(=O)C(=C)C)cc4)cc3)c(C)c2)cc1. The van der Waals surface area contributed by atoms with Crippen LogP contribution < -0.4 is 9.47 Å². The number of carbonyl (C=O) groups excluding carboxylic acids is 3. The first kappa shape index (κ1) is 29.6. The average Bonchev–Trinajstić information content (AvgIpc) is 3.00. The molecule has 0 fully saturated rings. The molecule has 0 aliphatic heterocycles. The molecule has 0 spiro atoms. The number of ether oxygens (including phenoxy) is 4. The van der Waals surface area contributed by atoms with Crippen molar-refractivity contribution in [3.8, 4) is 33.8 Å². The highest BCUT2D eigenvalue weighted by Crippen LogP contribution is 2.27. The molecule has 0 atom stereocenters. The summed E-state index contributed by atoms with van der Waals surface area (Å²) < 4.78 is 21.0. The van der Waals surface area contributed by atoms with Gasteiger partial charge in [-0.05, 0) is 77.6 Å². The number of carbonyl (C=O) groups is 3. The topological polar surface area (TPSA) is 88.1 Å². The van der Waals surface area contributed by atoms with Gasteiger partial charge in [0.05, 0.1) is 5.56 Å². The van der Waals surface area contributed by atoms with Crippen LogP contribution in [0.2, 0.25) is 0 Å². The third-order valence-corrected chi connectivity index (χ3v) is 6.30. The Labute approximate surface area is 244 Å². The summed E-state index contributed by atoms with van der Waals surface area (Å²) in [6.45, 7) is 10.4. The van der Waals surface area contributed by atoms with E-state index in [0.29, 0.717) is 22.6 Å². The summed E-state index contributed by atoms with van der Waals surface area (Å²) in [5.41, 5.74) is 6.27. The Morgan fingerprint density at radius 2 is 1.29 bits per heavy atom. The van der Waals surface area contributed by atoms with Crippen molar-refractivity contribution in [3.05, 3.63) is 132 Å². The van der Waals surface area contributed by atoms with Crippen molar-refractivity contribution in [2.75, 3.05) is 6.79 Å². The molecule has 4 aromatic carbocycles. The summed E-state index contributed by atoms with van der Waals surface area (Å²) in [5, 5.41) is 0. The minimum Gasteiger partial charge on any atom is -0.457 e. The van der Waals surface area contributed by atoms with Gasteiger partial charge in [0.15, 0.2) is 0 Å². The molecular weight excluding hydrogens is 532 g/mol. The van der Waals surface area contributed by atoms with E-state index < -0.39 is 17.9 Å². The van der Waals surface area contributed by atoms with E-state index in [2.05, 4.69) is 13.2 Å². The van der Waals surface area contributed by atoms with Gasteiger partial charge in [-0.15, -0.1) is 0 Å². The Morgan fingerprint density at radius 1 is 0.738 bits per heavy atom. The maximum atomic E-state index is 12.9. The average molecular weight is 563 g/mol. The fraction of sp³-hybridized carbons (Fsp3) is 0.114. The van der Waals surface area contributed by atoms with Gasteiger partial charge in [0.1, 0.15) is 18.1 Å². The van der Waals surface area contributed by atoms with Crippen LogP contribution in [-0.4, -0.2) is 24.7 Å². The van der Waals surface area contributed by atoms with Crippen LogP contribution >= 0.6 is 0 Å². The summed E-state index contributed by atoms with van der Waals surface area (Å²) in [6, 6.07) is 27.8. The van der Waals surface area contributed by atoms with Crippen LogP contribution in [0.3, 0.4) is 0 Å². The van der Waals surface area contributed by atoms with Crippen LogP contribution in [-0.2, 0) is 25.7 Å². The molecule has 212 valence electrons. The van der Waals surface area contributed by atoms with Crippen LogP contribution in [0.4, 0.5) is 0 Å². The molecule has 0 aliphatic carbocycles. The van der Waals surface area contributed by atoms with Gasteiger partial charge in [-0.1, -0.05) is 73.8 Å². The van der Waals surface area contributed by atoms with Crippen molar-refractivity contribution in [3.63, 3.8) is 0 Å². The molecule has 0 heterocycles. The van der Waals surface area contributed by atoms with Crippen molar-refractivity contribution in [2.24, 2.45) is 0 Å². The number of aryl methyl sites for hydroxylation is 1. The molecule has 0 aliphatic rings. The van der Waals surface area contributed by atoms with Gasteiger partial charge in [0.2, 0.25) is 6.79 Å². The molecule has 0 saturated carbocycles. The molecule has 7 nitrogen and oxygen atoms in total. The van der Waals surface area contributed by atoms with E-state index in [1.807, 2.05) is 67.6 Å². The van der Waals surface area contributed by atoms with Crippen LogP contribution in [0.25, 0.3) is 22.3 Å². The molecule has 0 aromatic heterocycles. The first-order chi connectivity index (χ1) is 20.2. The van der Waals surface area contributed by atoms with Gasteiger partial charge in [-0.3, -0.25) is 0 Å². The third-order valence-electron chi connectivity index (χ3n) is 6.30. The smallest absolute Gasteiger partial charge is 0.343 e. The Bertz CT molecular complexity index is 1600. The Morgan fingerprint density at radius 3 is 1.86 bits per heavy atom. The van der Waals surface area contributed by atoms with Gasteiger partial charge in [0, 0.05) is 11.6 Å². The standard InChI is InChI=1S/C35H30O7/c1-5-33(36)41-22-40-30-15-10-28(11-16-30)29-14-19-32(24(4)20-29)35(38)42-31-17-12-27(13-18-31)26-8-6-25(7-9-26)21-39-34(37)23(2)3/h5-20H,1-2,21-22H2,3-4H3. The van der Waals surface area contributed by atoms with E-state index in [1.165, 1.54) is 0 Å². The molecular formula is C35H30O7. The highest BCUT2D eigenvalue weighted by atomic mass is 16.7. The molecule has 0 unspecified atom stereocenters.